The Morgan fingerprint density at radius 3 is 2.68 bits per heavy atom. The number of carbonyl (C=O) groups is 1. The van der Waals surface area contributed by atoms with Gasteiger partial charge >= 0.3 is 0 Å². The van der Waals surface area contributed by atoms with E-state index in [2.05, 4.69) is 5.32 Å². The zero-order chi connectivity index (χ0) is 18.0. The number of aryl methyl sites for hydroxylation is 1. The van der Waals surface area contributed by atoms with Gasteiger partial charge in [-0.3, -0.25) is 14.2 Å². The molecule has 128 valence electrons. The van der Waals surface area contributed by atoms with E-state index in [-0.39, 0.29) is 17.8 Å². The van der Waals surface area contributed by atoms with Crippen molar-refractivity contribution in [3.8, 4) is 5.75 Å². The van der Waals surface area contributed by atoms with Gasteiger partial charge < -0.3 is 10.1 Å². The van der Waals surface area contributed by atoms with Gasteiger partial charge in [-0.2, -0.15) is 0 Å². The molecule has 0 unspecified atom stereocenters. The van der Waals surface area contributed by atoms with Crippen LogP contribution >= 0.6 is 0 Å². The van der Waals surface area contributed by atoms with Crippen LogP contribution in [0.5, 0.6) is 5.75 Å². The number of nitrogens with one attached hydrogen (secondary N) is 1. The molecule has 0 aliphatic heterocycles. The number of anilines is 1. The van der Waals surface area contributed by atoms with Gasteiger partial charge in [-0.1, -0.05) is 24.3 Å². The van der Waals surface area contributed by atoms with Gasteiger partial charge in [0.05, 0.1) is 18.3 Å². The molecule has 5 nitrogen and oxygen atoms in total. The van der Waals surface area contributed by atoms with E-state index >= 15 is 0 Å². The number of nitrogens with zero attached hydrogens (tertiary/aromatic N) is 1. The molecule has 3 rings (SSSR count). The number of benzene rings is 2. The molecule has 0 aliphatic carbocycles. The number of amides is 1. The summed E-state index contributed by atoms with van der Waals surface area (Å²) in [6.45, 7) is 1.58. The van der Waals surface area contributed by atoms with Gasteiger partial charge in [0, 0.05) is 11.5 Å². The number of methoxy groups -OCH3 is 1. The Labute approximate surface area is 143 Å². The number of ether oxygens (including phenoxy) is 1. The fourth-order valence-electron chi connectivity index (χ4n) is 2.79. The number of para-hydroxylation sites is 2. The lowest BCUT2D eigenvalue weighted by atomic mass is 10.1. The first-order chi connectivity index (χ1) is 12.0. The lowest BCUT2D eigenvalue weighted by Crippen LogP contribution is -2.28. The van der Waals surface area contributed by atoms with Crippen LogP contribution < -0.4 is 15.6 Å². The van der Waals surface area contributed by atoms with E-state index in [9.17, 15) is 14.0 Å². The van der Waals surface area contributed by atoms with Crippen molar-refractivity contribution in [2.75, 3.05) is 12.4 Å². The van der Waals surface area contributed by atoms with Crippen molar-refractivity contribution in [1.29, 1.82) is 0 Å². The molecule has 3 aromatic rings. The summed E-state index contributed by atoms with van der Waals surface area (Å²) < 4.78 is 20.4. The second kappa shape index (κ2) is 6.76. The number of hydrogen-bond acceptors (Lipinski definition) is 3. The molecule has 1 amide bonds. The fraction of sp³-hybridized carbons (Fsp3) is 0.158. The second-order valence-electron chi connectivity index (χ2n) is 5.64. The van der Waals surface area contributed by atoms with Crippen LogP contribution in [0.4, 0.5) is 10.1 Å². The summed E-state index contributed by atoms with van der Waals surface area (Å²) in [5, 5.41) is 3.31. The highest BCUT2D eigenvalue weighted by Crippen LogP contribution is 2.26. The third-order valence-corrected chi connectivity index (χ3v) is 3.97. The minimum absolute atomic E-state index is 0.0731. The van der Waals surface area contributed by atoms with Gasteiger partial charge in [0.15, 0.2) is 0 Å². The first-order valence-corrected chi connectivity index (χ1v) is 7.73. The maximum absolute atomic E-state index is 13.7. The molecule has 0 saturated heterocycles. The molecule has 1 heterocycles. The SMILES string of the molecule is COc1cccc2c(C)cc(=O)n(CC(=O)Nc3ccccc3F)c12. The molecule has 0 aliphatic rings. The zero-order valence-corrected chi connectivity index (χ0v) is 13.9. The summed E-state index contributed by atoms with van der Waals surface area (Å²) in [6.07, 6.45) is 0. The molecular formula is C19H17FN2O3. The molecule has 6 heteroatoms. The number of fused-ring (bicyclic) bond motifs is 1. The number of hydrogen-bond donors (Lipinski definition) is 1. The first kappa shape index (κ1) is 16.7. The van der Waals surface area contributed by atoms with Gasteiger partial charge in [0.25, 0.3) is 5.56 Å². The summed E-state index contributed by atoms with van der Waals surface area (Å²) in [5.41, 5.74) is 1.09. The highest BCUT2D eigenvalue weighted by atomic mass is 19.1. The lowest BCUT2D eigenvalue weighted by molar-refractivity contribution is -0.116. The Hall–Kier alpha value is -3.15. The van der Waals surface area contributed by atoms with Crippen LogP contribution in [0.3, 0.4) is 0 Å². The number of carbonyl (C=O) groups excluding carboxylic acids is 1. The molecule has 0 spiro atoms. The largest absolute Gasteiger partial charge is 0.495 e. The van der Waals surface area contributed by atoms with Gasteiger partial charge in [0.2, 0.25) is 5.91 Å². The number of halogens is 1. The van der Waals surface area contributed by atoms with Crippen molar-refractivity contribution in [2.45, 2.75) is 13.5 Å². The Balaban J connectivity index is 2.03. The topological polar surface area (TPSA) is 60.3 Å². The third kappa shape index (κ3) is 3.24. The molecule has 0 saturated carbocycles. The van der Waals surface area contributed by atoms with Crippen LogP contribution in [-0.2, 0) is 11.3 Å². The average Bonchev–Trinajstić information content (AvgIpc) is 2.60. The van der Waals surface area contributed by atoms with Crippen molar-refractivity contribution >= 4 is 22.5 Å². The van der Waals surface area contributed by atoms with Crippen LogP contribution in [0.25, 0.3) is 10.9 Å². The molecule has 1 aromatic heterocycles. The molecule has 0 fully saturated rings. The molecular weight excluding hydrogens is 323 g/mol. The maximum atomic E-state index is 13.7. The smallest absolute Gasteiger partial charge is 0.251 e. The molecule has 1 N–H and O–H groups in total. The van der Waals surface area contributed by atoms with E-state index in [1.807, 2.05) is 19.1 Å². The number of rotatable bonds is 4. The van der Waals surface area contributed by atoms with Crippen molar-refractivity contribution < 1.29 is 13.9 Å². The quantitative estimate of drug-likeness (QED) is 0.794. The molecule has 0 radical (unpaired) electrons. The summed E-state index contributed by atoms with van der Waals surface area (Å²) >= 11 is 0. The highest BCUT2D eigenvalue weighted by molar-refractivity contribution is 5.93. The number of aromatic nitrogens is 1. The van der Waals surface area contributed by atoms with E-state index < -0.39 is 11.7 Å². The van der Waals surface area contributed by atoms with Crippen LogP contribution in [0, 0.1) is 12.7 Å². The van der Waals surface area contributed by atoms with E-state index in [1.54, 1.807) is 12.1 Å². The van der Waals surface area contributed by atoms with Crippen molar-refractivity contribution in [2.24, 2.45) is 0 Å². The van der Waals surface area contributed by atoms with E-state index in [4.69, 9.17) is 4.74 Å². The van der Waals surface area contributed by atoms with Crippen LogP contribution in [0.15, 0.2) is 53.3 Å². The Morgan fingerprint density at radius 1 is 1.20 bits per heavy atom. The van der Waals surface area contributed by atoms with Crippen molar-refractivity contribution in [3.05, 3.63) is 70.3 Å². The predicted molar refractivity (Wildman–Crippen MR) is 94.5 cm³/mol. The Bertz CT molecular complexity index is 1010. The van der Waals surface area contributed by atoms with Crippen LogP contribution in [0.2, 0.25) is 0 Å². The van der Waals surface area contributed by atoms with Gasteiger partial charge in [-0.25, -0.2) is 4.39 Å². The lowest BCUT2D eigenvalue weighted by Gasteiger charge is -2.15. The summed E-state index contributed by atoms with van der Waals surface area (Å²) in [7, 11) is 1.51. The van der Waals surface area contributed by atoms with Crippen molar-refractivity contribution in [1.82, 2.24) is 4.57 Å². The Kier molecular flexibility index (Phi) is 4.52. The Morgan fingerprint density at radius 2 is 1.96 bits per heavy atom. The maximum Gasteiger partial charge on any atom is 0.251 e. The van der Waals surface area contributed by atoms with Gasteiger partial charge in [-0.05, 0) is 30.7 Å². The summed E-state index contributed by atoms with van der Waals surface area (Å²) in [6, 6.07) is 12.8. The highest BCUT2D eigenvalue weighted by Gasteiger charge is 2.14. The fourth-order valence-corrected chi connectivity index (χ4v) is 2.79. The summed E-state index contributed by atoms with van der Waals surface area (Å²) in [5.74, 6) is -0.533. The van der Waals surface area contributed by atoms with E-state index in [0.717, 1.165) is 10.9 Å². The predicted octanol–water partition coefficient (Wildman–Crippen LogP) is 3.10. The van der Waals surface area contributed by atoms with Crippen molar-refractivity contribution in [3.63, 3.8) is 0 Å². The van der Waals surface area contributed by atoms with Gasteiger partial charge in [-0.15, -0.1) is 0 Å². The normalized spacial score (nSPS) is 10.7. The first-order valence-electron chi connectivity index (χ1n) is 7.73. The second-order valence-corrected chi connectivity index (χ2v) is 5.64. The van der Waals surface area contributed by atoms with Crippen LogP contribution in [-0.4, -0.2) is 17.6 Å². The molecule has 0 atom stereocenters. The summed E-state index contributed by atoms with van der Waals surface area (Å²) in [4.78, 5) is 24.8. The molecule has 0 bridgehead atoms. The van der Waals surface area contributed by atoms with E-state index in [0.29, 0.717) is 11.3 Å². The zero-order valence-electron chi connectivity index (χ0n) is 13.9. The van der Waals surface area contributed by atoms with E-state index in [1.165, 1.54) is 35.9 Å². The monoisotopic (exact) mass is 340 g/mol. The van der Waals surface area contributed by atoms with Gasteiger partial charge in [0.1, 0.15) is 18.1 Å². The standard InChI is InChI=1S/C19H17FN2O3/c1-12-10-18(24)22(19-13(12)6-5-9-16(19)25-2)11-17(23)21-15-8-4-3-7-14(15)20/h3-10H,11H2,1-2H3,(H,21,23). The molecule has 2 aromatic carbocycles. The molecule has 25 heavy (non-hydrogen) atoms. The number of pyridine rings is 1. The minimum atomic E-state index is -0.533. The van der Waals surface area contributed by atoms with Crippen LogP contribution in [0.1, 0.15) is 5.56 Å². The third-order valence-electron chi connectivity index (χ3n) is 3.97. The minimum Gasteiger partial charge on any atom is -0.495 e. The average molecular weight is 340 g/mol.